The summed E-state index contributed by atoms with van der Waals surface area (Å²) in [6.45, 7) is 1.45. The summed E-state index contributed by atoms with van der Waals surface area (Å²) in [5, 5.41) is 8.75. The number of aryl methyl sites for hydroxylation is 1. The van der Waals surface area contributed by atoms with Crippen LogP contribution in [-0.2, 0) is 16.0 Å². The highest BCUT2D eigenvalue weighted by atomic mass is 19.3. The molecule has 0 saturated carbocycles. The summed E-state index contributed by atoms with van der Waals surface area (Å²) in [5.41, 5.74) is -0.194. The molecule has 0 aliphatic rings. The summed E-state index contributed by atoms with van der Waals surface area (Å²) in [5.74, 6) is -0.568. The molecule has 1 heterocycles. The third kappa shape index (κ3) is 2.97. The van der Waals surface area contributed by atoms with Crippen molar-refractivity contribution in [3.63, 3.8) is 0 Å². The van der Waals surface area contributed by atoms with Crippen LogP contribution in [0, 0.1) is 18.3 Å². The average molecular weight is 240 g/mol. The third-order valence-corrected chi connectivity index (χ3v) is 2.18. The maximum atomic E-state index is 12.7. The van der Waals surface area contributed by atoms with Crippen molar-refractivity contribution in [2.45, 2.75) is 19.8 Å². The molecule has 0 atom stereocenters. The minimum absolute atomic E-state index is 0.145. The number of esters is 1. The standard InChI is InChI=1S/C11H10F2N2O2/c1-6-9(5-14)8(11(12)13)3-7(15-6)4-10(16)17-2/h3,11H,4H2,1-2H3. The van der Waals surface area contributed by atoms with Gasteiger partial charge in [0.15, 0.2) is 0 Å². The first-order valence-electron chi connectivity index (χ1n) is 4.75. The van der Waals surface area contributed by atoms with Crippen molar-refractivity contribution in [2.75, 3.05) is 7.11 Å². The summed E-state index contributed by atoms with van der Waals surface area (Å²) in [4.78, 5) is 14.9. The van der Waals surface area contributed by atoms with E-state index in [1.807, 2.05) is 0 Å². The zero-order valence-electron chi connectivity index (χ0n) is 9.33. The second-order valence-electron chi connectivity index (χ2n) is 3.33. The SMILES string of the molecule is COC(=O)Cc1cc(C(F)F)c(C#N)c(C)n1. The Morgan fingerprint density at radius 2 is 2.29 bits per heavy atom. The van der Waals surface area contributed by atoms with Gasteiger partial charge in [-0.15, -0.1) is 0 Å². The van der Waals surface area contributed by atoms with E-state index in [4.69, 9.17) is 5.26 Å². The van der Waals surface area contributed by atoms with Gasteiger partial charge in [0.25, 0.3) is 6.43 Å². The molecule has 0 amide bonds. The Balaban J connectivity index is 3.21. The van der Waals surface area contributed by atoms with Gasteiger partial charge in [0.1, 0.15) is 6.07 Å². The van der Waals surface area contributed by atoms with Gasteiger partial charge in [-0.2, -0.15) is 5.26 Å². The molecule has 1 aromatic rings. The third-order valence-electron chi connectivity index (χ3n) is 2.18. The van der Waals surface area contributed by atoms with E-state index in [1.165, 1.54) is 14.0 Å². The molecular weight excluding hydrogens is 230 g/mol. The van der Waals surface area contributed by atoms with E-state index in [9.17, 15) is 13.6 Å². The zero-order chi connectivity index (χ0) is 13.0. The smallest absolute Gasteiger partial charge is 0.311 e. The number of aromatic nitrogens is 1. The van der Waals surface area contributed by atoms with Crippen molar-refractivity contribution in [2.24, 2.45) is 0 Å². The van der Waals surface area contributed by atoms with Crippen LogP contribution in [0.3, 0.4) is 0 Å². The number of carbonyl (C=O) groups is 1. The largest absolute Gasteiger partial charge is 0.469 e. The fraction of sp³-hybridized carbons (Fsp3) is 0.364. The molecular formula is C11H10F2N2O2. The number of nitriles is 1. The highest BCUT2D eigenvalue weighted by Crippen LogP contribution is 2.25. The molecule has 0 spiro atoms. The molecule has 90 valence electrons. The lowest BCUT2D eigenvalue weighted by molar-refractivity contribution is -0.139. The van der Waals surface area contributed by atoms with Gasteiger partial charge in [-0.1, -0.05) is 0 Å². The highest BCUT2D eigenvalue weighted by molar-refractivity contribution is 5.72. The summed E-state index contributed by atoms with van der Waals surface area (Å²) in [6, 6.07) is 2.74. The van der Waals surface area contributed by atoms with Gasteiger partial charge in [0.05, 0.1) is 30.5 Å². The first-order chi connectivity index (χ1) is 7.99. The van der Waals surface area contributed by atoms with Gasteiger partial charge >= 0.3 is 5.97 Å². The van der Waals surface area contributed by atoms with Gasteiger partial charge in [-0.05, 0) is 13.0 Å². The summed E-state index contributed by atoms with van der Waals surface area (Å²) in [7, 11) is 1.20. The van der Waals surface area contributed by atoms with Crippen molar-refractivity contribution in [3.05, 3.63) is 28.6 Å². The number of pyridine rings is 1. The van der Waals surface area contributed by atoms with Crippen molar-refractivity contribution < 1.29 is 18.3 Å². The van der Waals surface area contributed by atoms with Crippen LogP contribution in [0.4, 0.5) is 8.78 Å². The normalized spacial score (nSPS) is 10.1. The van der Waals surface area contributed by atoms with Crippen LogP contribution in [-0.4, -0.2) is 18.1 Å². The molecule has 6 heteroatoms. The summed E-state index contributed by atoms with van der Waals surface area (Å²) < 4.78 is 29.8. The Morgan fingerprint density at radius 1 is 1.65 bits per heavy atom. The number of alkyl halides is 2. The van der Waals surface area contributed by atoms with E-state index in [2.05, 4.69) is 9.72 Å². The number of methoxy groups -OCH3 is 1. The van der Waals surface area contributed by atoms with E-state index in [-0.39, 0.29) is 23.4 Å². The fourth-order valence-corrected chi connectivity index (χ4v) is 1.39. The number of nitrogens with zero attached hydrogens (tertiary/aromatic N) is 2. The van der Waals surface area contributed by atoms with Crippen LogP contribution < -0.4 is 0 Å². The topological polar surface area (TPSA) is 63.0 Å². The van der Waals surface area contributed by atoms with Crippen molar-refractivity contribution >= 4 is 5.97 Å². The van der Waals surface area contributed by atoms with Crippen LogP contribution >= 0.6 is 0 Å². The van der Waals surface area contributed by atoms with Gasteiger partial charge < -0.3 is 4.74 Å². The minimum Gasteiger partial charge on any atom is -0.469 e. The lowest BCUT2D eigenvalue weighted by atomic mass is 10.1. The van der Waals surface area contributed by atoms with E-state index in [0.717, 1.165) is 6.07 Å². The first kappa shape index (κ1) is 13.0. The van der Waals surface area contributed by atoms with E-state index < -0.39 is 18.0 Å². The fourth-order valence-electron chi connectivity index (χ4n) is 1.39. The lowest BCUT2D eigenvalue weighted by Gasteiger charge is -2.08. The van der Waals surface area contributed by atoms with Crippen LogP contribution in [0.15, 0.2) is 6.07 Å². The van der Waals surface area contributed by atoms with Crippen LogP contribution in [0.25, 0.3) is 0 Å². The Kier molecular flexibility index (Phi) is 4.10. The Bertz CT molecular complexity index is 481. The Labute approximate surface area is 96.8 Å². The first-order valence-corrected chi connectivity index (χ1v) is 4.75. The molecule has 17 heavy (non-hydrogen) atoms. The van der Waals surface area contributed by atoms with Crippen LogP contribution in [0.2, 0.25) is 0 Å². The number of hydrogen-bond donors (Lipinski definition) is 0. The maximum absolute atomic E-state index is 12.7. The summed E-state index contributed by atoms with van der Waals surface area (Å²) in [6.07, 6.45) is -2.97. The molecule has 0 radical (unpaired) electrons. The monoisotopic (exact) mass is 240 g/mol. The van der Waals surface area contributed by atoms with Gasteiger partial charge in [-0.25, -0.2) is 8.78 Å². The number of ether oxygens (including phenoxy) is 1. The maximum Gasteiger partial charge on any atom is 0.311 e. The minimum atomic E-state index is -2.78. The molecule has 0 aliphatic heterocycles. The molecule has 0 aliphatic carbocycles. The van der Waals surface area contributed by atoms with E-state index in [0.29, 0.717) is 0 Å². The molecule has 1 aromatic heterocycles. The van der Waals surface area contributed by atoms with Crippen LogP contribution in [0.1, 0.15) is 28.9 Å². The molecule has 0 bridgehead atoms. The molecule has 0 unspecified atom stereocenters. The number of rotatable bonds is 3. The number of hydrogen-bond acceptors (Lipinski definition) is 4. The van der Waals surface area contributed by atoms with Crippen molar-refractivity contribution in [1.29, 1.82) is 5.26 Å². The van der Waals surface area contributed by atoms with E-state index in [1.54, 1.807) is 6.07 Å². The average Bonchev–Trinajstić information content (AvgIpc) is 2.28. The van der Waals surface area contributed by atoms with Crippen LogP contribution in [0.5, 0.6) is 0 Å². The van der Waals surface area contributed by atoms with Crippen molar-refractivity contribution in [1.82, 2.24) is 4.98 Å². The second kappa shape index (κ2) is 5.34. The second-order valence-corrected chi connectivity index (χ2v) is 3.33. The molecule has 4 nitrogen and oxygen atoms in total. The highest BCUT2D eigenvalue weighted by Gasteiger charge is 2.18. The molecule has 0 saturated heterocycles. The predicted octanol–water partition coefficient (Wildman–Crippen LogP) is 1.91. The Morgan fingerprint density at radius 3 is 2.76 bits per heavy atom. The van der Waals surface area contributed by atoms with E-state index >= 15 is 0 Å². The zero-order valence-corrected chi connectivity index (χ0v) is 9.33. The molecule has 0 N–H and O–H groups in total. The predicted molar refractivity (Wildman–Crippen MR) is 54.4 cm³/mol. The quantitative estimate of drug-likeness (QED) is 0.757. The molecule has 0 aromatic carbocycles. The lowest BCUT2D eigenvalue weighted by Crippen LogP contribution is -2.09. The number of carbonyl (C=O) groups excluding carboxylic acids is 1. The van der Waals surface area contributed by atoms with Gasteiger partial charge in [0, 0.05) is 5.56 Å². The number of halogens is 2. The van der Waals surface area contributed by atoms with Crippen molar-refractivity contribution in [3.8, 4) is 6.07 Å². The van der Waals surface area contributed by atoms with Gasteiger partial charge in [0.2, 0.25) is 0 Å². The summed E-state index contributed by atoms with van der Waals surface area (Å²) >= 11 is 0. The molecule has 0 fully saturated rings. The van der Waals surface area contributed by atoms with Gasteiger partial charge in [-0.3, -0.25) is 9.78 Å². The Hall–Kier alpha value is -2.03. The molecule has 1 rings (SSSR count).